The molecule has 0 saturated carbocycles. The number of hydrogen-bond donors (Lipinski definition) is 1. The van der Waals surface area contributed by atoms with Crippen molar-refractivity contribution in [3.05, 3.63) is 0 Å². The smallest absolute Gasteiger partial charge is 0.0639 e. The Morgan fingerprint density at radius 3 is 2.00 bits per heavy atom. The Bertz CT molecular complexity index is 117. The molecule has 0 amide bonds. The van der Waals surface area contributed by atoms with Gasteiger partial charge in [0.1, 0.15) is 0 Å². The number of piperazine rings is 1. The van der Waals surface area contributed by atoms with E-state index in [2.05, 4.69) is 16.8 Å². The van der Waals surface area contributed by atoms with Crippen molar-refractivity contribution in [2.75, 3.05) is 39.8 Å². The molecule has 1 heterocycles. The molecular weight excluding hydrogens is 211 g/mol. The van der Waals surface area contributed by atoms with Crippen molar-refractivity contribution in [1.29, 1.82) is 0 Å². The van der Waals surface area contributed by atoms with Crippen molar-refractivity contribution in [3.8, 4) is 0 Å². The summed E-state index contributed by atoms with van der Waals surface area (Å²) in [4.78, 5) is 4.63. The van der Waals surface area contributed by atoms with E-state index < -0.39 is 0 Å². The fourth-order valence-electron chi connectivity index (χ4n) is 1.40. The SMILES string of the molecule is CC(O)CN1CCN(C)CC1.Cl.Cl. The molecule has 0 aliphatic carbocycles. The largest absolute Gasteiger partial charge is 0.392 e. The van der Waals surface area contributed by atoms with Crippen molar-refractivity contribution >= 4 is 24.8 Å². The van der Waals surface area contributed by atoms with E-state index in [1.54, 1.807) is 0 Å². The summed E-state index contributed by atoms with van der Waals surface area (Å²) in [7, 11) is 2.14. The standard InChI is InChI=1S/C8H18N2O.2ClH/c1-8(11)7-10-5-3-9(2)4-6-10;;/h8,11H,3-7H2,1-2H3;2*1H. The first-order chi connectivity index (χ1) is 5.18. The molecule has 5 heteroatoms. The Morgan fingerprint density at radius 1 is 1.15 bits per heavy atom. The molecule has 1 rings (SSSR count). The Morgan fingerprint density at radius 2 is 1.62 bits per heavy atom. The van der Waals surface area contributed by atoms with E-state index >= 15 is 0 Å². The number of halogens is 2. The van der Waals surface area contributed by atoms with E-state index in [0.29, 0.717) is 0 Å². The number of likely N-dealkylation sites (N-methyl/N-ethyl adjacent to an activating group) is 1. The van der Waals surface area contributed by atoms with Crippen molar-refractivity contribution in [2.45, 2.75) is 13.0 Å². The van der Waals surface area contributed by atoms with Crippen molar-refractivity contribution < 1.29 is 5.11 Å². The number of aliphatic hydroxyl groups excluding tert-OH is 1. The van der Waals surface area contributed by atoms with Gasteiger partial charge < -0.3 is 10.0 Å². The Balaban J connectivity index is 0. The summed E-state index contributed by atoms with van der Waals surface area (Å²) in [6, 6.07) is 0. The van der Waals surface area contributed by atoms with Crippen molar-refractivity contribution in [3.63, 3.8) is 0 Å². The molecular formula is C8H20Cl2N2O. The van der Waals surface area contributed by atoms with E-state index in [4.69, 9.17) is 5.11 Å². The highest BCUT2D eigenvalue weighted by molar-refractivity contribution is 5.85. The van der Waals surface area contributed by atoms with Crippen LogP contribution in [0.4, 0.5) is 0 Å². The van der Waals surface area contributed by atoms with Gasteiger partial charge in [-0.25, -0.2) is 0 Å². The number of β-amino-alcohol motifs (C(OH)–C–C–N with tert-alkyl or cyclic N) is 1. The van der Waals surface area contributed by atoms with Crippen LogP contribution >= 0.6 is 24.8 Å². The lowest BCUT2D eigenvalue weighted by Gasteiger charge is -2.32. The second kappa shape index (κ2) is 7.83. The molecule has 1 unspecified atom stereocenters. The zero-order valence-corrected chi connectivity index (χ0v) is 9.90. The third-order valence-electron chi connectivity index (χ3n) is 2.12. The molecule has 0 bridgehead atoms. The molecule has 13 heavy (non-hydrogen) atoms. The maximum Gasteiger partial charge on any atom is 0.0639 e. The van der Waals surface area contributed by atoms with Crippen LogP contribution < -0.4 is 0 Å². The number of aliphatic hydroxyl groups is 1. The highest BCUT2D eigenvalue weighted by Crippen LogP contribution is 1.99. The summed E-state index contributed by atoms with van der Waals surface area (Å²) in [6.45, 7) is 7.13. The Hall–Kier alpha value is 0.460. The highest BCUT2D eigenvalue weighted by Gasteiger charge is 2.14. The zero-order valence-electron chi connectivity index (χ0n) is 8.27. The molecule has 1 fully saturated rings. The molecule has 82 valence electrons. The maximum absolute atomic E-state index is 9.12. The lowest BCUT2D eigenvalue weighted by atomic mass is 10.3. The van der Waals surface area contributed by atoms with Gasteiger partial charge in [-0.2, -0.15) is 0 Å². The molecule has 0 spiro atoms. The quantitative estimate of drug-likeness (QED) is 0.747. The average molecular weight is 231 g/mol. The van der Waals surface area contributed by atoms with Crippen LogP contribution in [0.15, 0.2) is 0 Å². The van der Waals surface area contributed by atoms with Gasteiger partial charge in [0.2, 0.25) is 0 Å². The summed E-state index contributed by atoms with van der Waals surface area (Å²) in [5, 5.41) is 9.12. The first-order valence-electron chi connectivity index (χ1n) is 4.27. The summed E-state index contributed by atoms with van der Waals surface area (Å²) in [5.74, 6) is 0. The second-order valence-corrected chi connectivity index (χ2v) is 3.45. The minimum Gasteiger partial charge on any atom is -0.392 e. The normalized spacial score (nSPS) is 21.5. The summed E-state index contributed by atoms with van der Waals surface area (Å²) < 4.78 is 0. The topological polar surface area (TPSA) is 26.7 Å². The zero-order chi connectivity index (χ0) is 8.27. The molecule has 0 radical (unpaired) electrons. The van der Waals surface area contributed by atoms with Gasteiger partial charge in [0.05, 0.1) is 6.10 Å². The molecule has 0 aromatic carbocycles. The van der Waals surface area contributed by atoms with Crippen LogP contribution in [-0.4, -0.2) is 60.8 Å². The molecule has 1 N–H and O–H groups in total. The molecule has 1 saturated heterocycles. The molecule has 1 aliphatic heterocycles. The molecule has 1 atom stereocenters. The number of hydrogen-bond acceptors (Lipinski definition) is 3. The maximum atomic E-state index is 9.12. The van der Waals surface area contributed by atoms with Crippen LogP contribution in [0.25, 0.3) is 0 Å². The van der Waals surface area contributed by atoms with E-state index in [-0.39, 0.29) is 30.9 Å². The Labute approximate surface area is 92.9 Å². The third kappa shape index (κ3) is 6.52. The van der Waals surface area contributed by atoms with Gasteiger partial charge in [-0.15, -0.1) is 24.8 Å². The fourth-order valence-corrected chi connectivity index (χ4v) is 1.40. The van der Waals surface area contributed by atoms with Crippen molar-refractivity contribution in [1.82, 2.24) is 9.80 Å². The molecule has 0 aromatic heterocycles. The monoisotopic (exact) mass is 230 g/mol. The minimum atomic E-state index is -0.182. The van der Waals surface area contributed by atoms with Gasteiger partial charge in [0.15, 0.2) is 0 Å². The van der Waals surface area contributed by atoms with E-state index in [1.165, 1.54) is 0 Å². The van der Waals surface area contributed by atoms with Gasteiger partial charge in [0, 0.05) is 32.7 Å². The lowest BCUT2D eigenvalue weighted by Crippen LogP contribution is -2.46. The summed E-state index contributed by atoms with van der Waals surface area (Å²) in [6.07, 6.45) is -0.182. The molecule has 3 nitrogen and oxygen atoms in total. The third-order valence-corrected chi connectivity index (χ3v) is 2.12. The second-order valence-electron chi connectivity index (χ2n) is 3.45. The fraction of sp³-hybridized carbons (Fsp3) is 1.00. The predicted molar refractivity (Wildman–Crippen MR) is 60.1 cm³/mol. The van der Waals surface area contributed by atoms with E-state index in [0.717, 1.165) is 32.7 Å². The van der Waals surface area contributed by atoms with Gasteiger partial charge in [-0.3, -0.25) is 4.90 Å². The first-order valence-corrected chi connectivity index (χ1v) is 4.27. The summed E-state index contributed by atoms with van der Waals surface area (Å²) >= 11 is 0. The number of rotatable bonds is 2. The van der Waals surface area contributed by atoms with Gasteiger partial charge in [-0.05, 0) is 14.0 Å². The van der Waals surface area contributed by atoms with E-state index in [1.807, 2.05) is 6.92 Å². The summed E-state index contributed by atoms with van der Waals surface area (Å²) in [5.41, 5.74) is 0. The van der Waals surface area contributed by atoms with Gasteiger partial charge in [0.25, 0.3) is 0 Å². The van der Waals surface area contributed by atoms with Gasteiger partial charge >= 0.3 is 0 Å². The van der Waals surface area contributed by atoms with Crippen LogP contribution in [0.2, 0.25) is 0 Å². The first kappa shape index (κ1) is 15.9. The van der Waals surface area contributed by atoms with E-state index in [9.17, 15) is 0 Å². The van der Waals surface area contributed by atoms with Crippen LogP contribution in [0.3, 0.4) is 0 Å². The average Bonchev–Trinajstić information content (AvgIpc) is 1.93. The van der Waals surface area contributed by atoms with Crippen molar-refractivity contribution in [2.24, 2.45) is 0 Å². The molecule has 1 aliphatic rings. The Kier molecular flexibility index (Phi) is 9.58. The van der Waals surface area contributed by atoms with Crippen LogP contribution in [-0.2, 0) is 0 Å². The van der Waals surface area contributed by atoms with Crippen LogP contribution in [0, 0.1) is 0 Å². The number of nitrogens with zero attached hydrogens (tertiary/aromatic N) is 2. The predicted octanol–water partition coefficient (Wildman–Crippen LogP) is 0.458. The minimum absolute atomic E-state index is 0. The van der Waals surface area contributed by atoms with Gasteiger partial charge in [-0.1, -0.05) is 0 Å². The van der Waals surface area contributed by atoms with Crippen LogP contribution in [0.5, 0.6) is 0 Å². The lowest BCUT2D eigenvalue weighted by molar-refractivity contribution is 0.0899. The van der Waals surface area contributed by atoms with Crippen LogP contribution in [0.1, 0.15) is 6.92 Å². The highest BCUT2D eigenvalue weighted by atomic mass is 35.5. The molecule has 0 aromatic rings.